The molecule has 2 nitrogen and oxygen atoms in total. The Morgan fingerprint density at radius 1 is 1.11 bits per heavy atom. The fourth-order valence-corrected chi connectivity index (χ4v) is 3.14. The van der Waals surface area contributed by atoms with Crippen molar-refractivity contribution in [1.29, 1.82) is 0 Å². The zero-order valence-corrected chi connectivity index (χ0v) is 12.7. The van der Waals surface area contributed by atoms with Crippen molar-refractivity contribution in [2.75, 3.05) is 0 Å². The van der Waals surface area contributed by atoms with E-state index in [-0.39, 0.29) is 0 Å². The highest BCUT2D eigenvalue weighted by molar-refractivity contribution is 9.11. The number of aromatic nitrogens is 1. The Hall–Kier alpha value is -0.960. The molecule has 0 N–H and O–H groups in total. The van der Waals surface area contributed by atoms with Crippen molar-refractivity contribution in [2.45, 2.75) is 45.7 Å². The van der Waals surface area contributed by atoms with Gasteiger partial charge in [-0.05, 0) is 57.9 Å². The highest BCUT2D eigenvalue weighted by atomic mass is 79.9. The highest BCUT2D eigenvalue weighted by Gasteiger charge is 2.36. The van der Waals surface area contributed by atoms with Crippen molar-refractivity contribution in [3.63, 3.8) is 0 Å². The molecule has 0 spiro atoms. The Balaban J connectivity index is 2.08. The van der Waals surface area contributed by atoms with E-state index < -0.39 is 0 Å². The minimum absolute atomic E-state index is 0.443. The summed E-state index contributed by atoms with van der Waals surface area (Å²) in [7, 11) is 0. The van der Waals surface area contributed by atoms with Crippen LogP contribution in [0.2, 0.25) is 0 Å². The standard InChI is InChI=1S/C15H19BrN2/c1-10-4-5-11(2)17(10)15-9-8-14(16)12(3)18(15)13-6-7-13/h4-5,8-9,12-13H,6-7H2,1-3H3. The average Bonchev–Trinajstić information content (AvgIpc) is 3.11. The third-order valence-corrected chi connectivity index (χ3v) is 4.84. The van der Waals surface area contributed by atoms with Gasteiger partial charge in [-0.3, -0.25) is 0 Å². The normalized spacial score (nSPS) is 24.0. The Morgan fingerprint density at radius 3 is 2.28 bits per heavy atom. The molecule has 1 aromatic heterocycles. The summed E-state index contributed by atoms with van der Waals surface area (Å²) < 4.78 is 3.64. The number of nitrogens with zero attached hydrogens (tertiary/aromatic N) is 2. The van der Waals surface area contributed by atoms with E-state index in [9.17, 15) is 0 Å². The predicted molar refractivity (Wildman–Crippen MR) is 79.5 cm³/mol. The molecule has 1 saturated carbocycles. The van der Waals surface area contributed by atoms with Gasteiger partial charge in [-0.2, -0.15) is 0 Å². The van der Waals surface area contributed by atoms with Crippen molar-refractivity contribution in [3.8, 4) is 0 Å². The Morgan fingerprint density at radius 2 is 1.72 bits per heavy atom. The first-order valence-electron chi connectivity index (χ1n) is 6.60. The molecule has 0 radical (unpaired) electrons. The molecule has 96 valence electrons. The second-order valence-electron chi connectivity index (χ2n) is 5.34. The molecule has 0 aromatic carbocycles. The van der Waals surface area contributed by atoms with Crippen molar-refractivity contribution in [3.05, 3.63) is 40.2 Å². The van der Waals surface area contributed by atoms with Crippen molar-refractivity contribution in [1.82, 2.24) is 9.47 Å². The summed E-state index contributed by atoms with van der Waals surface area (Å²) in [6, 6.07) is 5.55. The number of rotatable bonds is 2. The zero-order valence-electron chi connectivity index (χ0n) is 11.2. The second kappa shape index (κ2) is 4.30. The zero-order chi connectivity index (χ0) is 12.9. The lowest BCUT2D eigenvalue weighted by atomic mass is 10.2. The van der Waals surface area contributed by atoms with Gasteiger partial charge in [-0.25, -0.2) is 0 Å². The van der Waals surface area contributed by atoms with E-state index in [1.54, 1.807) is 0 Å². The van der Waals surface area contributed by atoms with Crippen LogP contribution in [0.25, 0.3) is 5.82 Å². The van der Waals surface area contributed by atoms with Gasteiger partial charge < -0.3 is 9.47 Å². The first-order valence-corrected chi connectivity index (χ1v) is 7.40. The van der Waals surface area contributed by atoms with Gasteiger partial charge in [0.15, 0.2) is 0 Å². The number of halogens is 1. The van der Waals surface area contributed by atoms with Gasteiger partial charge in [0, 0.05) is 21.9 Å². The first kappa shape index (κ1) is 12.1. The molecule has 1 atom stereocenters. The van der Waals surface area contributed by atoms with Gasteiger partial charge in [-0.1, -0.05) is 15.9 Å². The van der Waals surface area contributed by atoms with Crippen LogP contribution in [0.15, 0.2) is 28.8 Å². The van der Waals surface area contributed by atoms with Crippen LogP contribution in [-0.4, -0.2) is 21.6 Å². The van der Waals surface area contributed by atoms with E-state index in [1.807, 2.05) is 0 Å². The minimum atomic E-state index is 0.443. The van der Waals surface area contributed by atoms with E-state index in [0.717, 1.165) is 0 Å². The maximum atomic E-state index is 3.68. The van der Waals surface area contributed by atoms with Crippen molar-refractivity contribution >= 4 is 21.8 Å². The Bertz CT molecular complexity index is 515. The smallest absolute Gasteiger partial charge is 0.113 e. The largest absolute Gasteiger partial charge is 0.347 e. The van der Waals surface area contributed by atoms with Gasteiger partial charge in [0.2, 0.25) is 0 Å². The van der Waals surface area contributed by atoms with E-state index in [4.69, 9.17) is 0 Å². The monoisotopic (exact) mass is 306 g/mol. The topological polar surface area (TPSA) is 8.17 Å². The van der Waals surface area contributed by atoms with Crippen molar-refractivity contribution in [2.24, 2.45) is 0 Å². The molecule has 0 bridgehead atoms. The summed E-state index contributed by atoms with van der Waals surface area (Å²) in [6.45, 7) is 6.63. The third-order valence-electron chi connectivity index (χ3n) is 3.91. The molecule has 1 unspecified atom stereocenters. The highest BCUT2D eigenvalue weighted by Crippen LogP contribution is 2.39. The summed E-state index contributed by atoms with van der Waals surface area (Å²) >= 11 is 3.68. The third kappa shape index (κ3) is 1.85. The van der Waals surface area contributed by atoms with E-state index >= 15 is 0 Å². The van der Waals surface area contributed by atoms with Gasteiger partial charge in [-0.15, -0.1) is 0 Å². The van der Waals surface area contributed by atoms with Gasteiger partial charge >= 0.3 is 0 Å². The summed E-state index contributed by atoms with van der Waals surface area (Å²) in [4.78, 5) is 2.56. The molecular weight excluding hydrogens is 288 g/mol. The fraction of sp³-hybridized carbons (Fsp3) is 0.467. The Kier molecular flexibility index (Phi) is 2.89. The number of aryl methyl sites for hydroxylation is 2. The second-order valence-corrected chi connectivity index (χ2v) is 6.26. The van der Waals surface area contributed by atoms with Crippen LogP contribution in [0, 0.1) is 13.8 Å². The van der Waals surface area contributed by atoms with Crippen LogP contribution in [0.3, 0.4) is 0 Å². The molecule has 1 aromatic rings. The Labute approximate surface area is 117 Å². The molecule has 18 heavy (non-hydrogen) atoms. The van der Waals surface area contributed by atoms with Gasteiger partial charge in [0.05, 0.1) is 6.04 Å². The molecule has 1 aliphatic carbocycles. The predicted octanol–water partition coefficient (Wildman–Crippen LogP) is 4.05. The van der Waals surface area contributed by atoms with E-state index in [2.05, 4.69) is 70.5 Å². The molecule has 1 aliphatic heterocycles. The molecule has 3 rings (SSSR count). The summed E-state index contributed by atoms with van der Waals surface area (Å²) in [5.74, 6) is 1.33. The van der Waals surface area contributed by atoms with Crippen LogP contribution in [0.5, 0.6) is 0 Å². The molecular formula is C15H19BrN2. The minimum Gasteiger partial charge on any atom is -0.347 e. The fourth-order valence-electron chi connectivity index (χ4n) is 2.79. The lowest BCUT2D eigenvalue weighted by Gasteiger charge is -2.37. The lowest BCUT2D eigenvalue weighted by Crippen LogP contribution is -2.37. The molecule has 0 amide bonds. The number of hydrogen-bond donors (Lipinski definition) is 0. The average molecular weight is 307 g/mol. The lowest BCUT2D eigenvalue weighted by molar-refractivity contribution is 0.323. The summed E-state index contributed by atoms with van der Waals surface area (Å²) in [5.41, 5.74) is 2.62. The number of hydrogen-bond acceptors (Lipinski definition) is 1. The summed E-state index contributed by atoms with van der Waals surface area (Å²) in [5, 5.41) is 0. The first-order chi connectivity index (χ1) is 8.59. The van der Waals surface area contributed by atoms with Crippen molar-refractivity contribution < 1.29 is 0 Å². The van der Waals surface area contributed by atoms with E-state index in [0.29, 0.717) is 12.1 Å². The van der Waals surface area contributed by atoms with Gasteiger partial charge in [0.1, 0.15) is 5.82 Å². The molecule has 0 saturated heterocycles. The summed E-state index contributed by atoms with van der Waals surface area (Å²) in [6.07, 6.45) is 7.07. The molecule has 3 heteroatoms. The van der Waals surface area contributed by atoms with Crippen LogP contribution >= 0.6 is 15.9 Å². The van der Waals surface area contributed by atoms with Crippen LogP contribution in [0.4, 0.5) is 0 Å². The number of allylic oxidation sites excluding steroid dienone is 2. The maximum absolute atomic E-state index is 3.68. The SMILES string of the molecule is Cc1ccc(C)n1C1=CC=C(Br)C(C)N1C1CC1. The van der Waals surface area contributed by atoms with Crippen LogP contribution in [-0.2, 0) is 0 Å². The molecule has 2 aliphatic rings. The molecule has 1 fully saturated rings. The van der Waals surface area contributed by atoms with Gasteiger partial charge in [0.25, 0.3) is 0 Å². The molecule has 2 heterocycles. The van der Waals surface area contributed by atoms with Crippen LogP contribution in [0.1, 0.15) is 31.2 Å². The van der Waals surface area contributed by atoms with Crippen LogP contribution < -0.4 is 0 Å². The van der Waals surface area contributed by atoms with E-state index in [1.165, 1.54) is 34.5 Å². The maximum Gasteiger partial charge on any atom is 0.113 e. The quantitative estimate of drug-likeness (QED) is 0.800.